The second-order valence-electron chi connectivity index (χ2n) is 5.01. The van der Waals surface area contributed by atoms with Gasteiger partial charge in [-0.2, -0.15) is 11.8 Å². The van der Waals surface area contributed by atoms with Gasteiger partial charge in [-0.25, -0.2) is 4.79 Å². The van der Waals surface area contributed by atoms with E-state index in [9.17, 15) is 14.7 Å². The Labute approximate surface area is 123 Å². The third-order valence-corrected chi connectivity index (χ3v) is 4.47. The lowest BCUT2D eigenvalue weighted by Gasteiger charge is -2.32. The number of hydrogen-bond donors (Lipinski definition) is 1. The molecular formula is C15H19NO3S. The van der Waals surface area contributed by atoms with Crippen LogP contribution >= 0.6 is 11.8 Å². The van der Waals surface area contributed by atoms with E-state index in [0.29, 0.717) is 25.1 Å². The quantitative estimate of drug-likeness (QED) is 0.922. The summed E-state index contributed by atoms with van der Waals surface area (Å²) in [5, 5.41) is 9.17. The fourth-order valence-corrected chi connectivity index (χ4v) is 3.41. The number of aliphatic carboxylic acids is 1. The molecule has 108 valence electrons. The second-order valence-corrected chi connectivity index (χ2v) is 6.15. The van der Waals surface area contributed by atoms with E-state index in [4.69, 9.17) is 0 Å². The number of carbonyl (C=O) groups excluding carboxylic acids is 1. The first kappa shape index (κ1) is 14.9. The number of carboxylic acids is 1. The van der Waals surface area contributed by atoms with Crippen LogP contribution in [0.25, 0.3) is 0 Å². The van der Waals surface area contributed by atoms with Gasteiger partial charge in [0.15, 0.2) is 0 Å². The Kier molecular flexibility index (Phi) is 5.06. The van der Waals surface area contributed by atoms with Crippen molar-refractivity contribution < 1.29 is 14.7 Å². The molecule has 1 unspecified atom stereocenters. The number of nitrogens with zero attached hydrogens (tertiary/aromatic N) is 1. The van der Waals surface area contributed by atoms with Gasteiger partial charge in [-0.05, 0) is 18.9 Å². The van der Waals surface area contributed by atoms with E-state index in [1.807, 2.05) is 25.1 Å². The number of thioether (sulfide) groups is 1. The van der Waals surface area contributed by atoms with Gasteiger partial charge < -0.3 is 10.0 Å². The normalized spacial score (nSPS) is 18.9. The van der Waals surface area contributed by atoms with E-state index in [1.165, 1.54) is 10.5 Å². The van der Waals surface area contributed by atoms with Crippen LogP contribution in [0.2, 0.25) is 0 Å². The van der Waals surface area contributed by atoms with Gasteiger partial charge in [0, 0.05) is 24.5 Å². The van der Waals surface area contributed by atoms with Crippen LogP contribution in [0.15, 0.2) is 24.3 Å². The van der Waals surface area contributed by atoms with Crippen molar-refractivity contribution >= 4 is 23.6 Å². The summed E-state index contributed by atoms with van der Waals surface area (Å²) >= 11 is 1.59. The van der Waals surface area contributed by atoms with Crippen molar-refractivity contribution in [1.29, 1.82) is 0 Å². The van der Waals surface area contributed by atoms with Gasteiger partial charge >= 0.3 is 5.97 Å². The summed E-state index contributed by atoms with van der Waals surface area (Å²) < 4.78 is 0. The highest BCUT2D eigenvalue weighted by molar-refractivity contribution is 7.99. The number of carboxylic acid groups (broad SMARTS) is 1. The molecule has 0 aromatic heterocycles. The molecule has 1 aromatic rings. The third kappa shape index (κ3) is 3.76. The summed E-state index contributed by atoms with van der Waals surface area (Å²) in [4.78, 5) is 24.9. The lowest BCUT2D eigenvalue weighted by Crippen LogP contribution is -2.50. The van der Waals surface area contributed by atoms with Gasteiger partial charge in [-0.3, -0.25) is 4.79 Å². The first-order valence-corrected chi connectivity index (χ1v) is 7.89. The van der Waals surface area contributed by atoms with Crippen LogP contribution in [0.5, 0.6) is 0 Å². The topological polar surface area (TPSA) is 57.6 Å². The van der Waals surface area contributed by atoms with E-state index in [0.717, 1.165) is 11.3 Å². The number of benzene rings is 1. The van der Waals surface area contributed by atoms with Crippen molar-refractivity contribution in [3.8, 4) is 0 Å². The molecule has 0 bridgehead atoms. The molecule has 20 heavy (non-hydrogen) atoms. The maximum Gasteiger partial charge on any atom is 0.327 e. The lowest BCUT2D eigenvalue weighted by atomic mass is 10.1. The fraction of sp³-hybridized carbons (Fsp3) is 0.467. The van der Waals surface area contributed by atoms with Crippen LogP contribution in [0.3, 0.4) is 0 Å². The molecule has 1 amide bonds. The molecule has 1 aliphatic rings. The number of aryl methyl sites for hydroxylation is 2. The van der Waals surface area contributed by atoms with Crippen LogP contribution < -0.4 is 0 Å². The zero-order chi connectivity index (χ0) is 14.5. The van der Waals surface area contributed by atoms with Gasteiger partial charge in [-0.15, -0.1) is 0 Å². The maximum absolute atomic E-state index is 12.2. The first-order valence-electron chi connectivity index (χ1n) is 6.73. The minimum absolute atomic E-state index is 0.0563. The van der Waals surface area contributed by atoms with E-state index < -0.39 is 12.0 Å². The third-order valence-electron chi connectivity index (χ3n) is 3.44. The molecule has 0 spiro atoms. The summed E-state index contributed by atoms with van der Waals surface area (Å²) in [6.45, 7) is 2.56. The highest BCUT2D eigenvalue weighted by atomic mass is 32.2. The molecule has 2 rings (SSSR count). The van der Waals surface area contributed by atoms with Crippen molar-refractivity contribution in [2.24, 2.45) is 0 Å². The minimum atomic E-state index is -0.902. The molecular weight excluding hydrogens is 274 g/mol. The average molecular weight is 293 g/mol. The standard InChI is InChI=1S/C15H19NO3S/c1-11-3-2-4-12(9-11)5-6-14(17)16-7-8-20-10-13(16)15(18)19/h2-4,9,13H,5-8,10H2,1H3,(H,18,19). The zero-order valence-electron chi connectivity index (χ0n) is 11.5. The molecule has 1 saturated heterocycles. The summed E-state index contributed by atoms with van der Waals surface area (Å²) in [5.74, 6) is 0.353. The van der Waals surface area contributed by atoms with Crippen LogP contribution in [-0.4, -0.2) is 46.0 Å². The van der Waals surface area contributed by atoms with Crippen molar-refractivity contribution in [3.05, 3.63) is 35.4 Å². The highest BCUT2D eigenvalue weighted by Gasteiger charge is 2.31. The molecule has 4 nitrogen and oxygen atoms in total. The number of rotatable bonds is 4. The van der Waals surface area contributed by atoms with Crippen LogP contribution in [0.4, 0.5) is 0 Å². The molecule has 0 aliphatic carbocycles. The van der Waals surface area contributed by atoms with Crippen molar-refractivity contribution in [1.82, 2.24) is 4.90 Å². The highest BCUT2D eigenvalue weighted by Crippen LogP contribution is 2.18. The Bertz CT molecular complexity index is 504. The molecule has 1 fully saturated rings. The van der Waals surface area contributed by atoms with Gasteiger partial charge in [0.1, 0.15) is 6.04 Å². The molecule has 0 saturated carbocycles. The number of hydrogen-bond acceptors (Lipinski definition) is 3. The van der Waals surface area contributed by atoms with E-state index in [1.54, 1.807) is 11.8 Å². The molecule has 1 aliphatic heterocycles. The first-order chi connectivity index (χ1) is 9.58. The van der Waals surface area contributed by atoms with Crippen LogP contribution in [0.1, 0.15) is 17.5 Å². The number of amides is 1. The SMILES string of the molecule is Cc1cccc(CCC(=O)N2CCSCC2C(=O)O)c1. The summed E-state index contributed by atoms with van der Waals surface area (Å²) in [7, 11) is 0. The van der Waals surface area contributed by atoms with E-state index >= 15 is 0 Å². The molecule has 1 aromatic carbocycles. The zero-order valence-corrected chi connectivity index (χ0v) is 12.4. The molecule has 5 heteroatoms. The summed E-state index contributed by atoms with van der Waals surface area (Å²) in [6, 6.07) is 7.40. The Morgan fingerprint density at radius 1 is 1.45 bits per heavy atom. The Balaban J connectivity index is 1.95. The molecule has 1 N–H and O–H groups in total. The van der Waals surface area contributed by atoms with Gasteiger partial charge in [0.2, 0.25) is 5.91 Å². The predicted octanol–water partition coefficient (Wildman–Crippen LogP) is 1.96. The van der Waals surface area contributed by atoms with Crippen LogP contribution in [0, 0.1) is 6.92 Å². The number of carbonyl (C=O) groups is 2. The average Bonchev–Trinajstić information content (AvgIpc) is 2.45. The van der Waals surface area contributed by atoms with Crippen molar-refractivity contribution in [2.45, 2.75) is 25.8 Å². The van der Waals surface area contributed by atoms with Crippen molar-refractivity contribution in [3.63, 3.8) is 0 Å². The molecule has 0 radical (unpaired) electrons. The Morgan fingerprint density at radius 2 is 2.25 bits per heavy atom. The smallest absolute Gasteiger partial charge is 0.327 e. The second kappa shape index (κ2) is 6.79. The fourth-order valence-electron chi connectivity index (χ4n) is 2.37. The van der Waals surface area contributed by atoms with Gasteiger partial charge in [0.05, 0.1) is 0 Å². The van der Waals surface area contributed by atoms with E-state index in [-0.39, 0.29) is 5.91 Å². The van der Waals surface area contributed by atoms with Crippen molar-refractivity contribution in [2.75, 3.05) is 18.1 Å². The monoisotopic (exact) mass is 293 g/mol. The van der Waals surface area contributed by atoms with Gasteiger partial charge in [0.25, 0.3) is 0 Å². The molecule has 1 heterocycles. The summed E-state index contributed by atoms with van der Waals surface area (Å²) in [6.07, 6.45) is 1.04. The largest absolute Gasteiger partial charge is 0.480 e. The minimum Gasteiger partial charge on any atom is -0.480 e. The maximum atomic E-state index is 12.2. The van der Waals surface area contributed by atoms with E-state index in [2.05, 4.69) is 6.07 Å². The lowest BCUT2D eigenvalue weighted by molar-refractivity contribution is -0.149. The predicted molar refractivity (Wildman–Crippen MR) is 80.0 cm³/mol. The Hall–Kier alpha value is -1.49. The van der Waals surface area contributed by atoms with Crippen LogP contribution in [-0.2, 0) is 16.0 Å². The van der Waals surface area contributed by atoms with Gasteiger partial charge in [-0.1, -0.05) is 29.8 Å². The molecule has 1 atom stereocenters. The summed E-state index contributed by atoms with van der Waals surface area (Å²) in [5.41, 5.74) is 2.30. The Morgan fingerprint density at radius 3 is 2.95 bits per heavy atom.